The molecule has 1 saturated heterocycles. The van der Waals surface area contributed by atoms with E-state index in [-0.39, 0.29) is 18.9 Å². The standard InChI is InChI=1S/C18H26N2O4/c1-18(2,3)24-17(23)20-12-14(21)11-15(20)16(22)19-10-9-13-7-5-4-6-8-13/h4-8,14-15,21H,9-12H2,1-3H3,(H,19,22)/t14-,15+/m1/s1. The molecule has 0 aromatic heterocycles. The van der Waals surface area contributed by atoms with E-state index < -0.39 is 23.8 Å². The molecule has 0 aliphatic carbocycles. The fraction of sp³-hybridized carbons (Fsp3) is 0.556. The molecule has 2 amide bonds. The minimum Gasteiger partial charge on any atom is -0.444 e. The van der Waals surface area contributed by atoms with Crippen molar-refractivity contribution >= 4 is 12.0 Å². The normalized spacial score (nSPS) is 20.8. The quantitative estimate of drug-likeness (QED) is 0.879. The molecule has 1 aliphatic heterocycles. The molecule has 0 spiro atoms. The van der Waals surface area contributed by atoms with Crippen LogP contribution in [0.25, 0.3) is 0 Å². The zero-order valence-electron chi connectivity index (χ0n) is 14.5. The predicted octanol–water partition coefficient (Wildman–Crippen LogP) is 1.72. The van der Waals surface area contributed by atoms with E-state index in [9.17, 15) is 14.7 Å². The SMILES string of the molecule is CC(C)(C)OC(=O)N1C[C@H](O)C[C@H]1C(=O)NCCc1ccccc1. The Kier molecular flexibility index (Phi) is 5.83. The summed E-state index contributed by atoms with van der Waals surface area (Å²) in [6.45, 7) is 5.91. The van der Waals surface area contributed by atoms with Gasteiger partial charge in [-0.1, -0.05) is 30.3 Å². The van der Waals surface area contributed by atoms with Crippen LogP contribution in [0, 0.1) is 0 Å². The summed E-state index contributed by atoms with van der Waals surface area (Å²) in [6, 6.07) is 9.16. The summed E-state index contributed by atoms with van der Waals surface area (Å²) >= 11 is 0. The molecule has 1 aromatic rings. The molecule has 1 aliphatic rings. The van der Waals surface area contributed by atoms with Crippen molar-refractivity contribution in [1.82, 2.24) is 10.2 Å². The zero-order chi connectivity index (χ0) is 17.7. The average molecular weight is 334 g/mol. The Labute approximate surface area is 142 Å². The van der Waals surface area contributed by atoms with Crippen LogP contribution in [0.15, 0.2) is 30.3 Å². The molecule has 0 bridgehead atoms. The lowest BCUT2D eigenvalue weighted by atomic mass is 10.1. The first-order chi connectivity index (χ1) is 11.3. The lowest BCUT2D eigenvalue weighted by Crippen LogP contribution is -2.47. The van der Waals surface area contributed by atoms with Crippen molar-refractivity contribution in [3.8, 4) is 0 Å². The number of aliphatic hydroxyl groups excluding tert-OH is 1. The number of carbonyl (C=O) groups excluding carboxylic acids is 2. The van der Waals surface area contributed by atoms with Gasteiger partial charge in [0.2, 0.25) is 5.91 Å². The van der Waals surface area contributed by atoms with Crippen molar-refractivity contribution < 1.29 is 19.4 Å². The van der Waals surface area contributed by atoms with Gasteiger partial charge < -0.3 is 15.2 Å². The molecule has 1 aromatic carbocycles. The van der Waals surface area contributed by atoms with E-state index in [1.165, 1.54) is 4.90 Å². The number of nitrogens with one attached hydrogen (secondary N) is 1. The number of aliphatic hydroxyl groups is 1. The van der Waals surface area contributed by atoms with Crippen molar-refractivity contribution in [2.45, 2.75) is 51.4 Å². The van der Waals surface area contributed by atoms with Crippen LogP contribution < -0.4 is 5.32 Å². The second-order valence-electron chi connectivity index (χ2n) is 7.06. The summed E-state index contributed by atoms with van der Waals surface area (Å²) in [5.41, 5.74) is 0.493. The van der Waals surface area contributed by atoms with Crippen molar-refractivity contribution in [2.24, 2.45) is 0 Å². The molecule has 0 saturated carbocycles. The van der Waals surface area contributed by atoms with Crippen molar-refractivity contribution in [3.63, 3.8) is 0 Å². The highest BCUT2D eigenvalue weighted by Gasteiger charge is 2.40. The zero-order valence-corrected chi connectivity index (χ0v) is 14.5. The minimum absolute atomic E-state index is 0.117. The lowest BCUT2D eigenvalue weighted by Gasteiger charge is -2.27. The number of hydrogen-bond donors (Lipinski definition) is 2. The molecule has 2 rings (SSSR count). The van der Waals surface area contributed by atoms with Gasteiger partial charge in [-0.2, -0.15) is 0 Å². The third-order valence-electron chi connectivity index (χ3n) is 3.77. The highest BCUT2D eigenvalue weighted by Crippen LogP contribution is 2.21. The molecule has 2 N–H and O–H groups in total. The van der Waals surface area contributed by atoms with Crippen LogP contribution in [-0.2, 0) is 16.0 Å². The van der Waals surface area contributed by atoms with E-state index in [0.29, 0.717) is 13.0 Å². The van der Waals surface area contributed by atoms with Gasteiger partial charge in [0.25, 0.3) is 0 Å². The highest BCUT2D eigenvalue weighted by molar-refractivity contribution is 5.86. The molecule has 1 fully saturated rings. The number of hydrogen-bond acceptors (Lipinski definition) is 4. The molecule has 132 valence electrons. The number of rotatable bonds is 4. The fourth-order valence-electron chi connectivity index (χ4n) is 2.68. The summed E-state index contributed by atoms with van der Waals surface area (Å²) in [6.07, 6.45) is -0.324. The topological polar surface area (TPSA) is 78.9 Å². The van der Waals surface area contributed by atoms with Crippen LogP contribution in [0.1, 0.15) is 32.8 Å². The Morgan fingerprint density at radius 2 is 1.96 bits per heavy atom. The van der Waals surface area contributed by atoms with E-state index in [1.807, 2.05) is 30.3 Å². The van der Waals surface area contributed by atoms with Crippen LogP contribution >= 0.6 is 0 Å². The van der Waals surface area contributed by atoms with Crippen LogP contribution in [0.3, 0.4) is 0 Å². The van der Waals surface area contributed by atoms with Crippen LogP contribution in [0.2, 0.25) is 0 Å². The largest absolute Gasteiger partial charge is 0.444 e. The summed E-state index contributed by atoms with van der Waals surface area (Å²) in [4.78, 5) is 25.9. The Bertz CT molecular complexity index is 568. The summed E-state index contributed by atoms with van der Waals surface area (Å²) in [5.74, 6) is -0.256. The second kappa shape index (κ2) is 7.66. The first-order valence-electron chi connectivity index (χ1n) is 8.25. The van der Waals surface area contributed by atoms with E-state index in [0.717, 1.165) is 5.56 Å². The maximum Gasteiger partial charge on any atom is 0.411 e. The summed E-state index contributed by atoms with van der Waals surface area (Å²) in [7, 11) is 0. The number of benzene rings is 1. The smallest absolute Gasteiger partial charge is 0.411 e. The molecule has 6 nitrogen and oxygen atoms in total. The molecule has 1 heterocycles. The first-order valence-corrected chi connectivity index (χ1v) is 8.25. The monoisotopic (exact) mass is 334 g/mol. The highest BCUT2D eigenvalue weighted by atomic mass is 16.6. The van der Waals surface area contributed by atoms with Gasteiger partial charge in [0.05, 0.1) is 12.6 Å². The number of nitrogens with zero attached hydrogens (tertiary/aromatic N) is 1. The van der Waals surface area contributed by atoms with Gasteiger partial charge >= 0.3 is 6.09 Å². The van der Waals surface area contributed by atoms with Crippen LogP contribution in [-0.4, -0.2) is 52.8 Å². The van der Waals surface area contributed by atoms with Gasteiger partial charge in [-0.05, 0) is 32.8 Å². The van der Waals surface area contributed by atoms with E-state index in [1.54, 1.807) is 20.8 Å². The Balaban J connectivity index is 1.90. The number of likely N-dealkylation sites (tertiary alicyclic amines) is 1. The molecular formula is C18H26N2O4. The van der Waals surface area contributed by atoms with Crippen molar-refractivity contribution in [3.05, 3.63) is 35.9 Å². The first kappa shape index (κ1) is 18.3. The van der Waals surface area contributed by atoms with Gasteiger partial charge in [-0.3, -0.25) is 9.69 Å². The maximum absolute atomic E-state index is 12.4. The number of amides is 2. The molecule has 0 unspecified atom stereocenters. The van der Waals surface area contributed by atoms with Crippen molar-refractivity contribution in [1.29, 1.82) is 0 Å². The van der Waals surface area contributed by atoms with Gasteiger partial charge in [-0.15, -0.1) is 0 Å². The molecule has 2 atom stereocenters. The number of β-amino-alcohol motifs (C(OH)–C–C–N with tert-alkyl or cyclic N) is 1. The van der Waals surface area contributed by atoms with E-state index in [2.05, 4.69) is 5.32 Å². The van der Waals surface area contributed by atoms with E-state index in [4.69, 9.17) is 4.74 Å². The minimum atomic E-state index is -0.706. The molecule has 24 heavy (non-hydrogen) atoms. The molecular weight excluding hydrogens is 308 g/mol. The third kappa shape index (κ3) is 5.23. The van der Waals surface area contributed by atoms with Crippen LogP contribution in [0.4, 0.5) is 4.79 Å². The summed E-state index contributed by atoms with van der Waals surface area (Å²) < 4.78 is 5.32. The number of ether oxygens (including phenoxy) is 1. The average Bonchev–Trinajstić information content (AvgIpc) is 2.89. The lowest BCUT2D eigenvalue weighted by molar-refractivity contribution is -0.125. The van der Waals surface area contributed by atoms with Gasteiger partial charge in [0.15, 0.2) is 0 Å². The van der Waals surface area contributed by atoms with Crippen molar-refractivity contribution in [2.75, 3.05) is 13.1 Å². The Morgan fingerprint density at radius 3 is 2.58 bits per heavy atom. The Morgan fingerprint density at radius 1 is 1.29 bits per heavy atom. The van der Waals surface area contributed by atoms with Gasteiger partial charge in [0.1, 0.15) is 11.6 Å². The molecule has 6 heteroatoms. The van der Waals surface area contributed by atoms with E-state index >= 15 is 0 Å². The Hall–Kier alpha value is -2.08. The fourth-order valence-corrected chi connectivity index (χ4v) is 2.68. The third-order valence-corrected chi connectivity index (χ3v) is 3.77. The number of carbonyl (C=O) groups is 2. The second-order valence-corrected chi connectivity index (χ2v) is 7.06. The van der Waals surface area contributed by atoms with Gasteiger partial charge in [0, 0.05) is 13.0 Å². The van der Waals surface area contributed by atoms with Gasteiger partial charge in [-0.25, -0.2) is 4.79 Å². The molecule has 0 radical (unpaired) electrons. The van der Waals surface area contributed by atoms with Crippen LogP contribution in [0.5, 0.6) is 0 Å². The summed E-state index contributed by atoms with van der Waals surface area (Å²) in [5, 5.41) is 12.7. The maximum atomic E-state index is 12.4. The predicted molar refractivity (Wildman–Crippen MR) is 90.5 cm³/mol.